The van der Waals surface area contributed by atoms with Gasteiger partial charge in [0.1, 0.15) is 0 Å². The Balaban J connectivity index is 3.26. The fourth-order valence-electron chi connectivity index (χ4n) is 0.780. The van der Waals surface area contributed by atoms with E-state index < -0.39 is 16.4 Å². The molecule has 6 heteroatoms. The van der Waals surface area contributed by atoms with Gasteiger partial charge in [-0.05, 0) is 24.4 Å². The molecule has 5 nitrogen and oxygen atoms in total. The Morgan fingerprint density at radius 2 is 2.31 bits per heavy atom. The number of isothiocyanates is 1. The first kappa shape index (κ1) is 9.31. The normalized spacial score (nSPS) is 8.92. The fourth-order valence-corrected chi connectivity index (χ4v) is 0.886. The standard InChI is InChI=1S/C7H4N2O3S/c10-7-2-1-5(8-4-13)3-6(7)9(11)12/h1-3,10H. The molecule has 1 N–H and O–H groups in total. The van der Waals surface area contributed by atoms with E-state index in [0.717, 1.165) is 6.07 Å². The summed E-state index contributed by atoms with van der Waals surface area (Å²) >= 11 is 4.33. The Labute approximate surface area is 78.5 Å². The van der Waals surface area contributed by atoms with Crippen LogP contribution in [0.3, 0.4) is 0 Å². The lowest BCUT2D eigenvalue weighted by molar-refractivity contribution is -0.385. The highest BCUT2D eigenvalue weighted by atomic mass is 32.1. The van der Waals surface area contributed by atoms with Gasteiger partial charge in [-0.25, -0.2) is 0 Å². The molecule has 0 saturated heterocycles. The number of nitrogens with zero attached hydrogens (tertiary/aromatic N) is 2. The van der Waals surface area contributed by atoms with Crippen LogP contribution in [0.2, 0.25) is 0 Å². The van der Waals surface area contributed by atoms with Gasteiger partial charge in [-0.1, -0.05) is 0 Å². The lowest BCUT2D eigenvalue weighted by atomic mass is 10.2. The number of nitro groups is 1. The van der Waals surface area contributed by atoms with Crippen LogP contribution in [0.4, 0.5) is 11.4 Å². The predicted octanol–water partition coefficient (Wildman–Crippen LogP) is 2.03. The third-order valence-corrected chi connectivity index (χ3v) is 1.42. The molecule has 0 fully saturated rings. The van der Waals surface area contributed by atoms with Crippen molar-refractivity contribution in [1.29, 1.82) is 0 Å². The van der Waals surface area contributed by atoms with Crippen LogP contribution >= 0.6 is 12.2 Å². The molecule has 1 aromatic rings. The molecular weight excluding hydrogens is 192 g/mol. The van der Waals surface area contributed by atoms with Crippen molar-refractivity contribution in [3.8, 4) is 5.75 Å². The second-order valence-electron chi connectivity index (χ2n) is 2.13. The molecule has 1 aromatic carbocycles. The largest absolute Gasteiger partial charge is 0.502 e. The molecule has 0 aliphatic rings. The average molecular weight is 196 g/mol. The van der Waals surface area contributed by atoms with Crippen LogP contribution in [0, 0.1) is 10.1 Å². The zero-order chi connectivity index (χ0) is 9.84. The molecule has 0 atom stereocenters. The van der Waals surface area contributed by atoms with Crippen LogP contribution < -0.4 is 0 Å². The summed E-state index contributed by atoms with van der Waals surface area (Å²) in [5.41, 5.74) is -0.106. The first-order chi connectivity index (χ1) is 6.15. The van der Waals surface area contributed by atoms with Gasteiger partial charge in [-0.2, -0.15) is 4.99 Å². The summed E-state index contributed by atoms with van der Waals surface area (Å²) in [6.07, 6.45) is 0. The number of hydrogen-bond acceptors (Lipinski definition) is 5. The van der Waals surface area contributed by atoms with E-state index >= 15 is 0 Å². The molecule has 66 valence electrons. The minimum absolute atomic E-state index is 0.291. The summed E-state index contributed by atoms with van der Waals surface area (Å²) in [6, 6.07) is 3.71. The molecule has 0 aliphatic heterocycles. The van der Waals surface area contributed by atoms with Crippen molar-refractivity contribution in [3.05, 3.63) is 28.3 Å². The highest BCUT2D eigenvalue weighted by molar-refractivity contribution is 7.78. The van der Waals surface area contributed by atoms with Gasteiger partial charge in [-0.15, -0.1) is 0 Å². The first-order valence-corrected chi connectivity index (χ1v) is 3.61. The predicted molar refractivity (Wildman–Crippen MR) is 49.4 cm³/mol. The molecule has 0 spiro atoms. The van der Waals surface area contributed by atoms with Gasteiger partial charge in [0.2, 0.25) is 0 Å². The lowest BCUT2D eigenvalue weighted by Gasteiger charge is -1.95. The Morgan fingerprint density at radius 1 is 1.62 bits per heavy atom. The average Bonchev–Trinajstić information content (AvgIpc) is 2.08. The third-order valence-electron chi connectivity index (χ3n) is 1.33. The van der Waals surface area contributed by atoms with Crippen molar-refractivity contribution < 1.29 is 10.0 Å². The highest BCUT2D eigenvalue weighted by Gasteiger charge is 2.12. The smallest absolute Gasteiger partial charge is 0.312 e. The molecule has 0 saturated carbocycles. The number of rotatable bonds is 2. The summed E-state index contributed by atoms with van der Waals surface area (Å²) in [4.78, 5) is 13.2. The van der Waals surface area contributed by atoms with E-state index in [9.17, 15) is 10.1 Å². The number of phenolic OH excluding ortho intramolecular Hbond substituents is 1. The quantitative estimate of drug-likeness (QED) is 0.340. The Morgan fingerprint density at radius 3 is 2.85 bits per heavy atom. The van der Waals surface area contributed by atoms with Gasteiger partial charge in [0, 0.05) is 6.07 Å². The van der Waals surface area contributed by atoms with E-state index in [1.807, 2.05) is 0 Å². The SMILES string of the molecule is O=[N+]([O-])c1cc(N=C=S)ccc1O. The summed E-state index contributed by atoms with van der Waals surface area (Å²) in [5.74, 6) is -0.395. The van der Waals surface area contributed by atoms with Crippen molar-refractivity contribution in [1.82, 2.24) is 0 Å². The summed E-state index contributed by atoms with van der Waals surface area (Å²) in [6.45, 7) is 0. The molecule has 0 aliphatic carbocycles. The minimum Gasteiger partial charge on any atom is -0.502 e. The zero-order valence-corrected chi connectivity index (χ0v) is 7.11. The molecule has 0 bridgehead atoms. The molecule has 0 unspecified atom stereocenters. The van der Waals surface area contributed by atoms with Gasteiger partial charge in [0.05, 0.1) is 15.8 Å². The van der Waals surface area contributed by atoms with E-state index in [4.69, 9.17) is 5.11 Å². The van der Waals surface area contributed by atoms with Crippen molar-refractivity contribution in [2.45, 2.75) is 0 Å². The monoisotopic (exact) mass is 196 g/mol. The van der Waals surface area contributed by atoms with Crippen LogP contribution in [-0.4, -0.2) is 15.2 Å². The summed E-state index contributed by atoms with van der Waals surface area (Å²) < 4.78 is 0. The van der Waals surface area contributed by atoms with E-state index in [1.54, 1.807) is 0 Å². The Kier molecular flexibility index (Phi) is 2.69. The van der Waals surface area contributed by atoms with E-state index in [2.05, 4.69) is 22.4 Å². The van der Waals surface area contributed by atoms with Crippen LogP contribution in [-0.2, 0) is 0 Å². The second kappa shape index (κ2) is 3.75. The Bertz CT molecular complexity index is 399. The van der Waals surface area contributed by atoms with E-state index in [1.165, 1.54) is 12.1 Å². The Hall–Kier alpha value is -1.78. The number of phenols is 1. The minimum atomic E-state index is -0.697. The van der Waals surface area contributed by atoms with E-state index in [0.29, 0.717) is 5.69 Å². The molecular formula is C7H4N2O3S. The van der Waals surface area contributed by atoms with Crippen molar-refractivity contribution in [2.75, 3.05) is 0 Å². The molecule has 0 heterocycles. The van der Waals surface area contributed by atoms with E-state index in [-0.39, 0.29) is 0 Å². The van der Waals surface area contributed by atoms with Gasteiger partial charge in [-0.3, -0.25) is 10.1 Å². The summed E-state index contributed by atoms with van der Waals surface area (Å²) in [5, 5.41) is 21.5. The zero-order valence-electron chi connectivity index (χ0n) is 6.30. The number of hydrogen-bond donors (Lipinski definition) is 1. The second-order valence-corrected chi connectivity index (χ2v) is 2.32. The van der Waals surface area contributed by atoms with Gasteiger partial charge in [0.15, 0.2) is 5.75 Å². The molecule has 0 aromatic heterocycles. The molecule has 0 amide bonds. The van der Waals surface area contributed by atoms with Crippen molar-refractivity contribution >= 4 is 28.8 Å². The number of aliphatic imine (C=N–C) groups is 1. The number of benzene rings is 1. The van der Waals surface area contributed by atoms with Crippen LogP contribution in [0.15, 0.2) is 23.2 Å². The van der Waals surface area contributed by atoms with Crippen LogP contribution in [0.25, 0.3) is 0 Å². The first-order valence-electron chi connectivity index (χ1n) is 3.20. The maximum Gasteiger partial charge on any atom is 0.312 e. The van der Waals surface area contributed by atoms with Crippen LogP contribution in [0.1, 0.15) is 0 Å². The van der Waals surface area contributed by atoms with Crippen LogP contribution in [0.5, 0.6) is 5.75 Å². The number of nitro benzene ring substituents is 1. The third kappa shape index (κ3) is 2.08. The maximum atomic E-state index is 10.3. The van der Waals surface area contributed by atoms with Crippen molar-refractivity contribution in [3.63, 3.8) is 0 Å². The fraction of sp³-hybridized carbons (Fsp3) is 0. The van der Waals surface area contributed by atoms with Gasteiger partial charge in [0.25, 0.3) is 0 Å². The van der Waals surface area contributed by atoms with Gasteiger partial charge < -0.3 is 5.11 Å². The molecule has 0 radical (unpaired) electrons. The number of aromatic hydroxyl groups is 1. The molecule has 1 rings (SSSR count). The maximum absolute atomic E-state index is 10.3. The molecule has 13 heavy (non-hydrogen) atoms. The lowest BCUT2D eigenvalue weighted by Crippen LogP contribution is -1.87. The number of thiocarbonyl (C=S) groups is 1. The topological polar surface area (TPSA) is 75.7 Å². The summed E-state index contributed by atoms with van der Waals surface area (Å²) in [7, 11) is 0. The highest BCUT2D eigenvalue weighted by Crippen LogP contribution is 2.29. The van der Waals surface area contributed by atoms with Crippen molar-refractivity contribution in [2.24, 2.45) is 4.99 Å². The van der Waals surface area contributed by atoms with Gasteiger partial charge >= 0.3 is 5.69 Å².